The van der Waals surface area contributed by atoms with Gasteiger partial charge in [-0.25, -0.2) is 4.98 Å². The van der Waals surface area contributed by atoms with Gasteiger partial charge in [-0.1, -0.05) is 30.7 Å². The lowest BCUT2D eigenvalue weighted by atomic mass is 9.78. The normalized spacial score (nSPS) is 19.4. The molecule has 0 unspecified atom stereocenters. The van der Waals surface area contributed by atoms with Gasteiger partial charge in [-0.05, 0) is 62.1 Å². The fourth-order valence-corrected chi connectivity index (χ4v) is 5.71. The van der Waals surface area contributed by atoms with Crippen LogP contribution in [0.1, 0.15) is 37.7 Å². The molecule has 2 aliphatic heterocycles. The summed E-state index contributed by atoms with van der Waals surface area (Å²) in [5.74, 6) is 1.02. The Balaban J connectivity index is 1.22. The standard InChI is InChI=1S/C26H29N5/c1-2-8-24-23(7-1)28-18-25(29-24)30-16-12-26(13-17-30)11-3-4-15-31(26)19-20-6-5-9-22-21(20)10-14-27-22/h1-2,5-10,14,18,27H,3-4,11-13,15-17,19H2. The second-order valence-corrected chi connectivity index (χ2v) is 9.16. The van der Waals surface area contributed by atoms with Crippen molar-refractivity contribution in [2.24, 2.45) is 0 Å². The third-order valence-corrected chi connectivity index (χ3v) is 7.49. The van der Waals surface area contributed by atoms with Crippen molar-refractivity contribution >= 4 is 27.8 Å². The van der Waals surface area contributed by atoms with Gasteiger partial charge in [0.2, 0.25) is 0 Å². The second-order valence-electron chi connectivity index (χ2n) is 9.16. The molecule has 5 heteroatoms. The number of nitrogens with zero attached hydrogens (tertiary/aromatic N) is 4. The summed E-state index contributed by atoms with van der Waals surface area (Å²) >= 11 is 0. The van der Waals surface area contributed by atoms with Gasteiger partial charge < -0.3 is 9.88 Å². The van der Waals surface area contributed by atoms with Crippen molar-refractivity contribution in [3.05, 3.63) is 66.5 Å². The van der Waals surface area contributed by atoms with Crippen molar-refractivity contribution in [2.45, 2.75) is 44.2 Å². The maximum atomic E-state index is 4.89. The highest BCUT2D eigenvalue weighted by molar-refractivity contribution is 5.82. The molecule has 2 aromatic carbocycles. The molecule has 2 aliphatic rings. The lowest BCUT2D eigenvalue weighted by Gasteiger charge is -2.52. The van der Waals surface area contributed by atoms with Crippen LogP contribution < -0.4 is 4.90 Å². The third-order valence-electron chi connectivity index (χ3n) is 7.49. The molecular weight excluding hydrogens is 382 g/mol. The zero-order valence-corrected chi connectivity index (χ0v) is 17.9. The topological polar surface area (TPSA) is 48.1 Å². The van der Waals surface area contributed by atoms with Crippen LogP contribution in [0.25, 0.3) is 21.9 Å². The molecule has 1 spiro atoms. The van der Waals surface area contributed by atoms with Crippen molar-refractivity contribution in [2.75, 3.05) is 24.5 Å². The number of benzene rings is 2. The molecular formula is C26H29N5. The van der Waals surface area contributed by atoms with Crippen molar-refractivity contribution < 1.29 is 0 Å². The Morgan fingerprint density at radius 1 is 0.871 bits per heavy atom. The first kappa shape index (κ1) is 18.8. The molecule has 2 fully saturated rings. The quantitative estimate of drug-likeness (QED) is 0.507. The van der Waals surface area contributed by atoms with E-state index in [0.717, 1.165) is 36.5 Å². The summed E-state index contributed by atoms with van der Waals surface area (Å²) in [7, 11) is 0. The molecule has 0 bridgehead atoms. The van der Waals surface area contributed by atoms with Gasteiger partial charge in [0.1, 0.15) is 5.82 Å². The van der Waals surface area contributed by atoms with Gasteiger partial charge in [0.15, 0.2) is 0 Å². The number of fused-ring (bicyclic) bond motifs is 2. The number of aromatic amines is 1. The molecule has 158 valence electrons. The number of para-hydroxylation sites is 2. The molecule has 0 atom stereocenters. The van der Waals surface area contributed by atoms with Crippen molar-refractivity contribution in [3.8, 4) is 0 Å². The van der Waals surface area contributed by atoms with Crippen LogP contribution in [0.2, 0.25) is 0 Å². The molecule has 6 rings (SSSR count). The molecule has 0 aliphatic carbocycles. The molecule has 4 aromatic rings. The maximum absolute atomic E-state index is 4.89. The van der Waals surface area contributed by atoms with Gasteiger partial charge in [0.05, 0.1) is 17.2 Å². The Morgan fingerprint density at radius 2 is 1.74 bits per heavy atom. The highest BCUT2D eigenvalue weighted by Gasteiger charge is 2.41. The largest absolute Gasteiger partial charge is 0.361 e. The van der Waals surface area contributed by atoms with Gasteiger partial charge in [-0.3, -0.25) is 9.88 Å². The van der Waals surface area contributed by atoms with E-state index in [2.05, 4.69) is 56.3 Å². The number of aromatic nitrogens is 3. The molecule has 4 heterocycles. The number of likely N-dealkylation sites (tertiary alicyclic amines) is 1. The van der Waals surface area contributed by atoms with Gasteiger partial charge in [0, 0.05) is 42.3 Å². The Labute approximate surface area is 183 Å². The van der Waals surface area contributed by atoms with Crippen LogP contribution in [0, 0.1) is 0 Å². The van der Waals surface area contributed by atoms with Crippen molar-refractivity contribution in [1.82, 2.24) is 19.9 Å². The predicted octanol–water partition coefficient (Wildman–Crippen LogP) is 5.14. The van der Waals surface area contributed by atoms with Crippen molar-refractivity contribution in [3.63, 3.8) is 0 Å². The average Bonchev–Trinajstić information content (AvgIpc) is 3.31. The van der Waals surface area contributed by atoms with Crippen LogP contribution in [-0.2, 0) is 6.54 Å². The van der Waals surface area contributed by atoms with E-state index in [1.54, 1.807) is 0 Å². The summed E-state index contributed by atoms with van der Waals surface area (Å²) in [6.07, 6.45) is 10.4. The van der Waals surface area contributed by atoms with Gasteiger partial charge in [-0.15, -0.1) is 0 Å². The number of hydrogen-bond acceptors (Lipinski definition) is 4. The van der Waals surface area contributed by atoms with Crippen LogP contribution >= 0.6 is 0 Å². The Bertz CT molecular complexity index is 1200. The van der Waals surface area contributed by atoms with E-state index in [1.165, 1.54) is 55.1 Å². The average molecular weight is 412 g/mol. The van der Waals surface area contributed by atoms with E-state index >= 15 is 0 Å². The zero-order valence-electron chi connectivity index (χ0n) is 17.9. The summed E-state index contributed by atoms with van der Waals surface area (Å²) in [4.78, 5) is 18.1. The predicted molar refractivity (Wildman–Crippen MR) is 126 cm³/mol. The van der Waals surface area contributed by atoms with Gasteiger partial charge in [-0.2, -0.15) is 0 Å². The number of nitrogens with one attached hydrogen (secondary N) is 1. The van der Waals surface area contributed by atoms with Crippen LogP contribution in [0.5, 0.6) is 0 Å². The molecule has 0 saturated carbocycles. The third kappa shape index (κ3) is 3.37. The Hall–Kier alpha value is -2.92. The first-order valence-electron chi connectivity index (χ1n) is 11.6. The lowest BCUT2D eigenvalue weighted by molar-refractivity contribution is 0.0186. The summed E-state index contributed by atoms with van der Waals surface area (Å²) < 4.78 is 0. The monoisotopic (exact) mass is 411 g/mol. The van der Waals surface area contributed by atoms with Crippen molar-refractivity contribution in [1.29, 1.82) is 0 Å². The SMILES string of the molecule is c1ccc2nc(N3CCC4(CCCCN4Cc4cccc5[nH]ccc45)CC3)cnc2c1. The Morgan fingerprint density at radius 3 is 2.65 bits per heavy atom. The first-order valence-corrected chi connectivity index (χ1v) is 11.6. The molecule has 0 radical (unpaired) electrons. The van der Waals surface area contributed by atoms with E-state index in [0.29, 0.717) is 5.54 Å². The van der Waals surface area contributed by atoms with Gasteiger partial charge >= 0.3 is 0 Å². The van der Waals surface area contributed by atoms with E-state index in [4.69, 9.17) is 4.98 Å². The fraction of sp³-hybridized carbons (Fsp3) is 0.385. The number of H-pyrrole nitrogens is 1. The number of anilines is 1. The highest BCUT2D eigenvalue weighted by atomic mass is 15.3. The van der Waals surface area contributed by atoms with E-state index < -0.39 is 0 Å². The fourth-order valence-electron chi connectivity index (χ4n) is 5.71. The van der Waals surface area contributed by atoms with Crippen LogP contribution in [0.15, 0.2) is 60.9 Å². The lowest BCUT2D eigenvalue weighted by Crippen LogP contribution is -2.57. The summed E-state index contributed by atoms with van der Waals surface area (Å²) in [6, 6.07) is 17.0. The minimum absolute atomic E-state index is 0.317. The van der Waals surface area contributed by atoms with Crippen LogP contribution in [0.3, 0.4) is 0 Å². The van der Waals surface area contributed by atoms with E-state index in [-0.39, 0.29) is 0 Å². The molecule has 5 nitrogen and oxygen atoms in total. The van der Waals surface area contributed by atoms with Gasteiger partial charge in [0.25, 0.3) is 0 Å². The molecule has 2 saturated heterocycles. The minimum Gasteiger partial charge on any atom is -0.361 e. The van der Waals surface area contributed by atoms with E-state index in [1.807, 2.05) is 24.4 Å². The number of rotatable bonds is 3. The maximum Gasteiger partial charge on any atom is 0.147 e. The molecule has 1 N–H and O–H groups in total. The smallest absolute Gasteiger partial charge is 0.147 e. The summed E-state index contributed by atoms with van der Waals surface area (Å²) in [6.45, 7) is 4.36. The second kappa shape index (κ2) is 7.65. The first-order chi connectivity index (χ1) is 15.3. The molecule has 2 aromatic heterocycles. The van der Waals surface area contributed by atoms with Crippen LogP contribution in [0.4, 0.5) is 5.82 Å². The van der Waals surface area contributed by atoms with Crippen LogP contribution in [-0.4, -0.2) is 45.0 Å². The molecule has 0 amide bonds. The highest BCUT2D eigenvalue weighted by Crippen LogP contribution is 2.39. The summed E-state index contributed by atoms with van der Waals surface area (Å²) in [5, 5.41) is 1.37. The summed E-state index contributed by atoms with van der Waals surface area (Å²) in [5.41, 5.74) is 4.96. The zero-order chi connectivity index (χ0) is 20.7. The van der Waals surface area contributed by atoms with E-state index in [9.17, 15) is 0 Å². The number of piperidine rings is 2. The molecule has 31 heavy (non-hydrogen) atoms. The minimum atomic E-state index is 0.317. The number of hydrogen-bond donors (Lipinski definition) is 1. The Kier molecular flexibility index (Phi) is 4.64.